The monoisotopic (exact) mass is 216 g/mol. The van der Waals surface area contributed by atoms with E-state index in [9.17, 15) is 4.79 Å². The minimum Gasteiger partial charge on any atom is -0.290 e. The fraction of sp³-hybridized carbons (Fsp3) is 0.167. The van der Waals surface area contributed by atoms with Crippen molar-refractivity contribution in [1.29, 1.82) is 0 Å². The Labute approximate surface area is 92.7 Å². The number of hydrogen-bond donors (Lipinski definition) is 0. The molecule has 15 heavy (non-hydrogen) atoms. The highest BCUT2D eigenvalue weighted by Gasteiger charge is 2.02. The van der Waals surface area contributed by atoms with Gasteiger partial charge in [-0.05, 0) is 24.6 Å². The molecule has 2 aromatic rings. The maximum atomic E-state index is 10.2. The Balaban J connectivity index is 2.47. The molecular weight excluding hydrogens is 206 g/mol. The number of nitrogens with zero attached hydrogens (tertiary/aromatic N) is 1. The molecule has 0 aliphatic carbocycles. The Morgan fingerprint density at radius 3 is 3.00 bits per heavy atom. The summed E-state index contributed by atoms with van der Waals surface area (Å²) in [4.78, 5) is 14.6. The molecule has 0 N–H and O–H groups in total. The third-order valence-electron chi connectivity index (χ3n) is 2.18. The van der Waals surface area contributed by atoms with E-state index in [0.717, 1.165) is 15.9 Å². The van der Waals surface area contributed by atoms with Crippen molar-refractivity contribution in [3.8, 4) is 0 Å². The standard InChI is InChI=1S/C12H10NOS/c1-9-8-12(15-7-6-14)13-11-5-3-2-4-10(9)11/h2-5,8H,7H2,1H3. The molecule has 1 radical (unpaired) electrons. The van der Waals surface area contributed by atoms with Gasteiger partial charge in [-0.2, -0.15) is 0 Å². The summed E-state index contributed by atoms with van der Waals surface area (Å²) in [5, 5.41) is 2.05. The van der Waals surface area contributed by atoms with E-state index in [0.29, 0.717) is 5.75 Å². The molecule has 0 aliphatic rings. The van der Waals surface area contributed by atoms with Crippen molar-refractivity contribution >= 4 is 29.0 Å². The van der Waals surface area contributed by atoms with Crippen molar-refractivity contribution in [3.05, 3.63) is 35.9 Å². The smallest absolute Gasteiger partial charge is 0.209 e. The molecule has 0 amide bonds. The van der Waals surface area contributed by atoms with E-state index in [1.54, 1.807) is 0 Å². The van der Waals surface area contributed by atoms with Crippen molar-refractivity contribution in [2.45, 2.75) is 11.9 Å². The van der Waals surface area contributed by atoms with Gasteiger partial charge in [0.15, 0.2) is 0 Å². The fourth-order valence-corrected chi connectivity index (χ4v) is 2.13. The summed E-state index contributed by atoms with van der Waals surface area (Å²) in [7, 11) is 0. The second-order valence-corrected chi connectivity index (χ2v) is 4.22. The Kier molecular flexibility index (Phi) is 3.02. The molecule has 75 valence electrons. The fourth-order valence-electron chi connectivity index (χ4n) is 1.50. The number of fused-ring (bicyclic) bond motifs is 1. The molecule has 0 bridgehead atoms. The van der Waals surface area contributed by atoms with Crippen LogP contribution in [0.1, 0.15) is 5.56 Å². The summed E-state index contributed by atoms with van der Waals surface area (Å²) < 4.78 is 0. The third kappa shape index (κ3) is 2.18. The van der Waals surface area contributed by atoms with Gasteiger partial charge in [0.05, 0.1) is 16.3 Å². The zero-order valence-electron chi connectivity index (χ0n) is 8.36. The Bertz CT molecular complexity index is 496. The lowest BCUT2D eigenvalue weighted by molar-refractivity contribution is 0.560. The molecule has 0 spiro atoms. The zero-order chi connectivity index (χ0) is 10.7. The van der Waals surface area contributed by atoms with E-state index in [2.05, 4.69) is 18.0 Å². The molecule has 2 nitrogen and oxygen atoms in total. The molecular formula is C12H10NOS. The van der Waals surface area contributed by atoms with Crippen molar-refractivity contribution in [1.82, 2.24) is 4.98 Å². The van der Waals surface area contributed by atoms with Crippen LogP contribution in [0, 0.1) is 6.92 Å². The first-order chi connectivity index (χ1) is 7.31. The lowest BCUT2D eigenvalue weighted by Gasteiger charge is -2.04. The first-order valence-corrected chi connectivity index (χ1v) is 5.64. The quantitative estimate of drug-likeness (QED) is 0.739. The molecule has 2 rings (SSSR count). The first-order valence-electron chi connectivity index (χ1n) is 4.65. The highest BCUT2D eigenvalue weighted by Crippen LogP contribution is 2.22. The average Bonchev–Trinajstić information content (AvgIpc) is 2.26. The molecule has 1 aromatic carbocycles. The minimum absolute atomic E-state index is 0.338. The van der Waals surface area contributed by atoms with Gasteiger partial charge in [0, 0.05) is 5.39 Å². The number of thioether (sulfide) groups is 1. The Morgan fingerprint density at radius 2 is 2.20 bits per heavy atom. The SMILES string of the molecule is Cc1cc(SC[C]=O)nc2ccccc12. The van der Waals surface area contributed by atoms with Gasteiger partial charge in [-0.15, -0.1) is 0 Å². The second-order valence-electron chi connectivity index (χ2n) is 3.23. The van der Waals surface area contributed by atoms with E-state index in [4.69, 9.17) is 0 Å². The Morgan fingerprint density at radius 1 is 1.40 bits per heavy atom. The summed E-state index contributed by atoms with van der Waals surface area (Å²) in [6, 6.07) is 10.0. The van der Waals surface area contributed by atoms with Gasteiger partial charge >= 0.3 is 0 Å². The van der Waals surface area contributed by atoms with Gasteiger partial charge in [-0.3, -0.25) is 4.79 Å². The normalized spacial score (nSPS) is 10.5. The number of hydrogen-bond acceptors (Lipinski definition) is 3. The van der Waals surface area contributed by atoms with E-state index < -0.39 is 0 Å². The van der Waals surface area contributed by atoms with Gasteiger partial charge in [-0.25, -0.2) is 4.98 Å². The van der Waals surface area contributed by atoms with Crippen molar-refractivity contribution in [3.63, 3.8) is 0 Å². The number of aryl methyl sites for hydroxylation is 1. The van der Waals surface area contributed by atoms with Crippen LogP contribution in [0.4, 0.5) is 0 Å². The average molecular weight is 216 g/mol. The van der Waals surface area contributed by atoms with Gasteiger partial charge in [0.2, 0.25) is 6.29 Å². The minimum atomic E-state index is 0.338. The first kappa shape index (κ1) is 10.2. The topological polar surface area (TPSA) is 30.0 Å². The molecule has 0 saturated heterocycles. The van der Waals surface area contributed by atoms with Crippen LogP contribution >= 0.6 is 11.8 Å². The molecule has 0 unspecified atom stereocenters. The highest BCUT2D eigenvalue weighted by molar-refractivity contribution is 7.99. The molecule has 0 aliphatic heterocycles. The van der Waals surface area contributed by atoms with E-state index in [1.165, 1.54) is 17.3 Å². The van der Waals surface area contributed by atoms with Gasteiger partial charge < -0.3 is 0 Å². The zero-order valence-corrected chi connectivity index (χ0v) is 9.17. The highest BCUT2D eigenvalue weighted by atomic mass is 32.2. The van der Waals surface area contributed by atoms with Crippen molar-refractivity contribution < 1.29 is 4.79 Å². The number of benzene rings is 1. The molecule has 0 atom stereocenters. The number of pyridine rings is 1. The van der Waals surface area contributed by atoms with Crippen LogP contribution in [0.2, 0.25) is 0 Å². The molecule has 1 aromatic heterocycles. The van der Waals surface area contributed by atoms with Crippen molar-refractivity contribution in [2.75, 3.05) is 5.75 Å². The third-order valence-corrected chi connectivity index (χ3v) is 2.95. The lowest BCUT2D eigenvalue weighted by atomic mass is 10.1. The second kappa shape index (κ2) is 4.45. The summed E-state index contributed by atoms with van der Waals surface area (Å²) in [6.07, 6.45) is 1.86. The van der Waals surface area contributed by atoms with Gasteiger partial charge in [0.1, 0.15) is 0 Å². The summed E-state index contributed by atoms with van der Waals surface area (Å²) in [5.74, 6) is 0.338. The predicted molar refractivity (Wildman–Crippen MR) is 62.9 cm³/mol. The number of carbonyl (C=O) groups excluding carboxylic acids is 1. The van der Waals surface area contributed by atoms with Crippen LogP contribution < -0.4 is 0 Å². The summed E-state index contributed by atoms with van der Waals surface area (Å²) >= 11 is 1.41. The maximum Gasteiger partial charge on any atom is 0.209 e. The molecule has 0 saturated carbocycles. The number of para-hydroxylation sites is 1. The predicted octanol–water partition coefficient (Wildman–Crippen LogP) is 2.75. The van der Waals surface area contributed by atoms with Crippen LogP contribution in [0.3, 0.4) is 0 Å². The van der Waals surface area contributed by atoms with Crippen LogP contribution in [0.15, 0.2) is 35.4 Å². The number of rotatable bonds is 3. The molecule has 3 heteroatoms. The summed E-state index contributed by atoms with van der Waals surface area (Å²) in [5.41, 5.74) is 2.17. The van der Waals surface area contributed by atoms with E-state index >= 15 is 0 Å². The molecule has 0 fully saturated rings. The van der Waals surface area contributed by atoms with E-state index in [1.807, 2.05) is 30.6 Å². The lowest BCUT2D eigenvalue weighted by Crippen LogP contribution is -1.88. The van der Waals surface area contributed by atoms with Crippen LogP contribution in [0.25, 0.3) is 10.9 Å². The summed E-state index contributed by atoms with van der Waals surface area (Å²) in [6.45, 7) is 2.05. The number of aromatic nitrogens is 1. The van der Waals surface area contributed by atoms with Crippen molar-refractivity contribution in [2.24, 2.45) is 0 Å². The van der Waals surface area contributed by atoms with Gasteiger partial charge in [0.25, 0.3) is 0 Å². The van der Waals surface area contributed by atoms with E-state index in [-0.39, 0.29) is 0 Å². The van der Waals surface area contributed by atoms with Crippen LogP contribution in [-0.4, -0.2) is 17.0 Å². The molecule has 1 heterocycles. The maximum absolute atomic E-state index is 10.2. The van der Waals surface area contributed by atoms with Crippen LogP contribution in [0.5, 0.6) is 0 Å². The van der Waals surface area contributed by atoms with Gasteiger partial charge in [-0.1, -0.05) is 30.0 Å². The largest absolute Gasteiger partial charge is 0.290 e. The van der Waals surface area contributed by atoms with Crippen LogP contribution in [-0.2, 0) is 4.79 Å². The Hall–Kier alpha value is -1.35.